The molecule has 5 nitrogen and oxygen atoms in total. The Morgan fingerprint density at radius 2 is 1.91 bits per heavy atom. The monoisotopic (exact) mass is 320 g/mol. The molecule has 1 aliphatic rings. The normalized spacial score (nSPS) is 17.9. The predicted molar refractivity (Wildman–Crippen MR) is 90.5 cm³/mol. The topological polar surface area (TPSA) is 70.6 Å². The average molecular weight is 320 g/mol. The quantitative estimate of drug-likeness (QED) is 0.776. The van der Waals surface area contributed by atoms with E-state index in [1.807, 2.05) is 32.9 Å². The molecule has 128 valence electrons. The van der Waals surface area contributed by atoms with Gasteiger partial charge in [-0.05, 0) is 64.7 Å². The molecule has 1 aromatic carbocycles. The Morgan fingerprint density at radius 3 is 2.39 bits per heavy atom. The standard InChI is InChI=1S/C18H28N2O3/c1-13(14-6-8-15(21)9-7-14)19-12-18(10-5-11-18)20-16(22)23-17(2,3)4/h6-9,13,19,21H,5,10-12H2,1-4H3,(H,20,22). The molecule has 1 aliphatic carbocycles. The number of phenolic OH excluding ortho intramolecular Hbond substituents is 1. The van der Waals surface area contributed by atoms with Gasteiger partial charge in [-0.15, -0.1) is 0 Å². The van der Waals surface area contributed by atoms with E-state index in [9.17, 15) is 9.90 Å². The summed E-state index contributed by atoms with van der Waals surface area (Å²) in [5.74, 6) is 0.267. The Kier molecular flexibility index (Phi) is 5.19. The average Bonchev–Trinajstić information content (AvgIpc) is 2.40. The molecular weight excluding hydrogens is 292 g/mol. The van der Waals surface area contributed by atoms with E-state index >= 15 is 0 Å². The maximum atomic E-state index is 12.0. The van der Waals surface area contributed by atoms with Crippen molar-refractivity contribution in [3.63, 3.8) is 0 Å². The van der Waals surface area contributed by atoms with Crippen LogP contribution < -0.4 is 10.6 Å². The molecule has 1 fully saturated rings. The number of carbonyl (C=O) groups excluding carboxylic acids is 1. The predicted octanol–water partition coefficient (Wildman–Crippen LogP) is 3.49. The smallest absolute Gasteiger partial charge is 0.408 e. The van der Waals surface area contributed by atoms with Crippen LogP contribution in [0, 0.1) is 0 Å². The van der Waals surface area contributed by atoms with Crippen LogP contribution in [0.3, 0.4) is 0 Å². The minimum absolute atomic E-state index is 0.147. The molecular formula is C18H28N2O3. The minimum Gasteiger partial charge on any atom is -0.508 e. The molecule has 23 heavy (non-hydrogen) atoms. The summed E-state index contributed by atoms with van der Waals surface area (Å²) in [5.41, 5.74) is 0.407. The third-order valence-corrected chi connectivity index (χ3v) is 4.22. The van der Waals surface area contributed by atoms with Crippen LogP contribution in [-0.4, -0.2) is 28.9 Å². The van der Waals surface area contributed by atoms with Gasteiger partial charge in [-0.2, -0.15) is 0 Å². The summed E-state index contributed by atoms with van der Waals surface area (Å²) in [7, 11) is 0. The fourth-order valence-corrected chi connectivity index (χ4v) is 2.70. The molecule has 1 amide bonds. The Bertz CT molecular complexity index is 530. The van der Waals surface area contributed by atoms with E-state index in [0.717, 1.165) is 24.8 Å². The van der Waals surface area contributed by atoms with Gasteiger partial charge in [0.25, 0.3) is 0 Å². The van der Waals surface area contributed by atoms with Gasteiger partial charge in [0.15, 0.2) is 0 Å². The fourth-order valence-electron chi connectivity index (χ4n) is 2.70. The number of ether oxygens (including phenoxy) is 1. The Labute approximate surface area is 138 Å². The van der Waals surface area contributed by atoms with E-state index in [2.05, 4.69) is 17.6 Å². The number of nitrogens with one attached hydrogen (secondary N) is 2. The van der Waals surface area contributed by atoms with Gasteiger partial charge in [-0.1, -0.05) is 12.1 Å². The molecule has 3 N–H and O–H groups in total. The Balaban J connectivity index is 1.89. The van der Waals surface area contributed by atoms with Gasteiger partial charge in [0.1, 0.15) is 11.4 Å². The van der Waals surface area contributed by atoms with Gasteiger partial charge in [0.05, 0.1) is 5.54 Å². The van der Waals surface area contributed by atoms with Crippen LogP contribution in [-0.2, 0) is 4.74 Å². The van der Waals surface area contributed by atoms with Crippen molar-refractivity contribution in [3.05, 3.63) is 29.8 Å². The summed E-state index contributed by atoms with van der Waals surface area (Å²) in [6.07, 6.45) is 2.69. The first-order chi connectivity index (χ1) is 10.7. The molecule has 1 atom stereocenters. The highest BCUT2D eigenvalue weighted by Gasteiger charge is 2.39. The van der Waals surface area contributed by atoms with Crippen LogP contribution in [0.4, 0.5) is 4.79 Å². The summed E-state index contributed by atoms with van der Waals surface area (Å²) in [6, 6.07) is 7.33. The van der Waals surface area contributed by atoms with Crippen molar-refractivity contribution in [1.29, 1.82) is 0 Å². The molecule has 0 aromatic heterocycles. The van der Waals surface area contributed by atoms with Crippen molar-refractivity contribution in [2.45, 2.75) is 64.1 Å². The van der Waals surface area contributed by atoms with E-state index in [-0.39, 0.29) is 23.4 Å². The third-order valence-electron chi connectivity index (χ3n) is 4.22. The van der Waals surface area contributed by atoms with Gasteiger partial charge >= 0.3 is 6.09 Å². The molecule has 0 saturated heterocycles. The van der Waals surface area contributed by atoms with Crippen LogP contribution in [0.25, 0.3) is 0 Å². The third kappa shape index (κ3) is 5.13. The highest BCUT2D eigenvalue weighted by molar-refractivity contribution is 5.69. The second-order valence-electron chi connectivity index (χ2n) is 7.45. The van der Waals surface area contributed by atoms with Crippen molar-refractivity contribution >= 4 is 6.09 Å². The summed E-state index contributed by atoms with van der Waals surface area (Å²) < 4.78 is 5.37. The van der Waals surface area contributed by atoms with Gasteiger partial charge in [0, 0.05) is 12.6 Å². The number of amides is 1. The highest BCUT2D eigenvalue weighted by atomic mass is 16.6. The number of benzene rings is 1. The second kappa shape index (κ2) is 6.79. The van der Waals surface area contributed by atoms with Crippen molar-refractivity contribution in [3.8, 4) is 5.75 Å². The number of rotatable bonds is 5. The molecule has 1 saturated carbocycles. The lowest BCUT2D eigenvalue weighted by Gasteiger charge is -2.43. The van der Waals surface area contributed by atoms with Crippen LogP contribution in [0.15, 0.2) is 24.3 Å². The van der Waals surface area contributed by atoms with Crippen molar-refractivity contribution < 1.29 is 14.6 Å². The van der Waals surface area contributed by atoms with Crippen molar-refractivity contribution in [2.24, 2.45) is 0 Å². The van der Waals surface area contributed by atoms with E-state index in [0.29, 0.717) is 6.54 Å². The zero-order valence-corrected chi connectivity index (χ0v) is 14.5. The van der Waals surface area contributed by atoms with Gasteiger partial charge < -0.3 is 20.5 Å². The lowest BCUT2D eigenvalue weighted by atomic mass is 9.76. The van der Waals surface area contributed by atoms with Crippen LogP contribution in [0.5, 0.6) is 5.75 Å². The maximum Gasteiger partial charge on any atom is 0.408 e. The number of alkyl carbamates (subject to hydrolysis) is 1. The first-order valence-corrected chi connectivity index (χ1v) is 8.23. The SMILES string of the molecule is CC(NCC1(NC(=O)OC(C)(C)C)CCC1)c1ccc(O)cc1. The van der Waals surface area contributed by atoms with Crippen molar-refractivity contribution in [2.75, 3.05) is 6.54 Å². The molecule has 5 heteroatoms. The largest absolute Gasteiger partial charge is 0.508 e. The van der Waals surface area contributed by atoms with Gasteiger partial charge in [-0.3, -0.25) is 0 Å². The van der Waals surface area contributed by atoms with Gasteiger partial charge in [0.2, 0.25) is 0 Å². The van der Waals surface area contributed by atoms with Crippen LogP contribution in [0.1, 0.15) is 58.6 Å². The first kappa shape index (κ1) is 17.6. The number of hydrogen-bond acceptors (Lipinski definition) is 4. The molecule has 1 unspecified atom stereocenters. The number of phenols is 1. The molecule has 0 heterocycles. The van der Waals surface area contributed by atoms with Crippen LogP contribution in [0.2, 0.25) is 0 Å². The van der Waals surface area contributed by atoms with E-state index in [4.69, 9.17) is 4.74 Å². The fraction of sp³-hybridized carbons (Fsp3) is 0.611. The molecule has 0 aliphatic heterocycles. The van der Waals surface area contributed by atoms with E-state index < -0.39 is 5.60 Å². The molecule has 0 spiro atoms. The van der Waals surface area contributed by atoms with E-state index in [1.54, 1.807) is 12.1 Å². The lowest BCUT2D eigenvalue weighted by Crippen LogP contribution is -2.60. The number of carbonyl (C=O) groups is 1. The molecule has 1 aromatic rings. The summed E-state index contributed by atoms with van der Waals surface area (Å²) in [6.45, 7) is 8.38. The lowest BCUT2D eigenvalue weighted by molar-refractivity contribution is 0.0379. The minimum atomic E-state index is -0.484. The van der Waals surface area contributed by atoms with Crippen molar-refractivity contribution in [1.82, 2.24) is 10.6 Å². The summed E-state index contributed by atoms with van der Waals surface area (Å²) in [5, 5.41) is 15.9. The number of hydrogen-bond donors (Lipinski definition) is 3. The zero-order valence-electron chi connectivity index (χ0n) is 14.5. The van der Waals surface area contributed by atoms with E-state index in [1.165, 1.54) is 0 Å². The maximum absolute atomic E-state index is 12.0. The summed E-state index contributed by atoms with van der Waals surface area (Å²) in [4.78, 5) is 12.0. The van der Waals surface area contributed by atoms with Crippen LogP contribution >= 0.6 is 0 Å². The molecule has 2 rings (SSSR count). The number of aromatic hydroxyl groups is 1. The molecule has 0 bridgehead atoms. The second-order valence-corrected chi connectivity index (χ2v) is 7.45. The summed E-state index contributed by atoms with van der Waals surface area (Å²) >= 11 is 0. The zero-order chi connectivity index (χ0) is 17.1. The highest BCUT2D eigenvalue weighted by Crippen LogP contribution is 2.32. The Morgan fingerprint density at radius 1 is 1.30 bits per heavy atom. The Hall–Kier alpha value is -1.75. The van der Waals surface area contributed by atoms with Gasteiger partial charge in [-0.25, -0.2) is 4.79 Å². The first-order valence-electron chi connectivity index (χ1n) is 8.23. The molecule has 0 radical (unpaired) electrons.